The van der Waals surface area contributed by atoms with Crippen molar-refractivity contribution < 1.29 is 8.42 Å². The number of nitrogens with one attached hydrogen (secondary N) is 1. The lowest BCUT2D eigenvalue weighted by molar-refractivity contribution is 0.305. The van der Waals surface area contributed by atoms with Gasteiger partial charge in [-0.1, -0.05) is 40.0 Å². The van der Waals surface area contributed by atoms with Crippen molar-refractivity contribution >= 4 is 9.84 Å². The third kappa shape index (κ3) is 8.09. The zero-order valence-electron chi connectivity index (χ0n) is 12.8. The second kappa shape index (κ2) is 8.16. The number of sulfone groups is 1. The Balaban J connectivity index is 3.83. The Morgan fingerprint density at radius 1 is 1.17 bits per heavy atom. The molecule has 3 nitrogen and oxygen atoms in total. The van der Waals surface area contributed by atoms with E-state index in [2.05, 4.69) is 26.1 Å². The SMILES string of the molecule is CCCCCC(C)(C)CNCCS(=O)(=O)C(C)C. The molecule has 0 fully saturated rings. The van der Waals surface area contributed by atoms with Crippen LogP contribution in [0, 0.1) is 5.41 Å². The molecule has 0 amide bonds. The second-order valence-corrected chi connectivity index (χ2v) is 8.89. The second-order valence-electron chi connectivity index (χ2n) is 6.21. The molecule has 4 heteroatoms. The van der Waals surface area contributed by atoms with Gasteiger partial charge in [-0.2, -0.15) is 0 Å². The van der Waals surface area contributed by atoms with Crippen LogP contribution < -0.4 is 5.32 Å². The minimum absolute atomic E-state index is 0.246. The molecule has 0 unspecified atom stereocenters. The molecule has 18 heavy (non-hydrogen) atoms. The van der Waals surface area contributed by atoms with Crippen LogP contribution in [0.5, 0.6) is 0 Å². The highest BCUT2D eigenvalue weighted by Crippen LogP contribution is 2.22. The molecule has 0 saturated heterocycles. The van der Waals surface area contributed by atoms with Crippen molar-refractivity contribution in [3.05, 3.63) is 0 Å². The van der Waals surface area contributed by atoms with E-state index < -0.39 is 9.84 Å². The fraction of sp³-hybridized carbons (Fsp3) is 1.00. The van der Waals surface area contributed by atoms with Crippen LogP contribution >= 0.6 is 0 Å². The highest BCUT2D eigenvalue weighted by Gasteiger charge is 2.18. The van der Waals surface area contributed by atoms with E-state index in [-0.39, 0.29) is 16.4 Å². The van der Waals surface area contributed by atoms with Gasteiger partial charge < -0.3 is 5.32 Å². The van der Waals surface area contributed by atoms with Crippen molar-refractivity contribution in [1.82, 2.24) is 5.32 Å². The minimum Gasteiger partial charge on any atom is -0.315 e. The van der Waals surface area contributed by atoms with E-state index >= 15 is 0 Å². The molecular weight excluding hydrogens is 246 g/mol. The van der Waals surface area contributed by atoms with Gasteiger partial charge in [-0.05, 0) is 25.7 Å². The predicted molar refractivity (Wildman–Crippen MR) is 79.7 cm³/mol. The van der Waals surface area contributed by atoms with Crippen LogP contribution in [0.1, 0.15) is 60.3 Å². The minimum atomic E-state index is -2.90. The van der Waals surface area contributed by atoms with Gasteiger partial charge in [-0.3, -0.25) is 0 Å². The smallest absolute Gasteiger partial charge is 0.153 e. The average molecular weight is 277 g/mol. The average Bonchev–Trinajstić information content (AvgIpc) is 2.24. The van der Waals surface area contributed by atoms with Crippen LogP contribution in [0.25, 0.3) is 0 Å². The standard InChI is InChI=1S/C14H31NO2S/c1-6-7-8-9-14(4,5)12-15-10-11-18(16,17)13(2)3/h13,15H,6-12H2,1-5H3. The molecule has 0 heterocycles. The molecule has 0 aliphatic heterocycles. The zero-order chi connectivity index (χ0) is 14.2. The summed E-state index contributed by atoms with van der Waals surface area (Å²) in [4.78, 5) is 0. The number of rotatable bonds is 10. The molecule has 0 rings (SSSR count). The number of hydrogen-bond acceptors (Lipinski definition) is 3. The molecule has 0 aromatic rings. The fourth-order valence-electron chi connectivity index (χ4n) is 1.82. The largest absolute Gasteiger partial charge is 0.315 e. The van der Waals surface area contributed by atoms with E-state index in [1.54, 1.807) is 13.8 Å². The van der Waals surface area contributed by atoms with Gasteiger partial charge in [0.05, 0.1) is 11.0 Å². The summed E-state index contributed by atoms with van der Waals surface area (Å²) in [7, 11) is -2.90. The van der Waals surface area contributed by atoms with Gasteiger partial charge in [-0.25, -0.2) is 8.42 Å². The maximum Gasteiger partial charge on any atom is 0.153 e. The number of hydrogen-bond donors (Lipinski definition) is 1. The molecule has 110 valence electrons. The molecule has 0 aliphatic carbocycles. The summed E-state index contributed by atoms with van der Waals surface area (Å²) in [6.07, 6.45) is 4.99. The maximum absolute atomic E-state index is 11.6. The third-order valence-electron chi connectivity index (χ3n) is 3.34. The van der Waals surface area contributed by atoms with E-state index in [0.29, 0.717) is 6.54 Å². The normalized spacial score (nSPS) is 13.2. The molecule has 1 N–H and O–H groups in total. The van der Waals surface area contributed by atoms with E-state index in [9.17, 15) is 8.42 Å². The first-order valence-electron chi connectivity index (χ1n) is 7.13. The quantitative estimate of drug-likeness (QED) is 0.624. The van der Waals surface area contributed by atoms with Crippen molar-refractivity contribution in [3.63, 3.8) is 0 Å². The Hall–Kier alpha value is -0.0900. The molecule has 0 bridgehead atoms. The molecule has 0 aromatic carbocycles. The van der Waals surface area contributed by atoms with Crippen molar-refractivity contribution in [2.45, 2.75) is 65.6 Å². The molecular formula is C14H31NO2S. The topological polar surface area (TPSA) is 46.2 Å². The molecule has 0 spiro atoms. The summed E-state index contributed by atoms with van der Waals surface area (Å²) in [5.41, 5.74) is 0.261. The van der Waals surface area contributed by atoms with Gasteiger partial charge in [0, 0.05) is 13.1 Å². The van der Waals surface area contributed by atoms with Gasteiger partial charge in [-0.15, -0.1) is 0 Å². The zero-order valence-corrected chi connectivity index (χ0v) is 13.6. The Bertz CT molecular complexity index is 308. The summed E-state index contributed by atoms with van der Waals surface area (Å²) in [6, 6.07) is 0. The number of unbranched alkanes of at least 4 members (excludes halogenated alkanes) is 2. The molecule has 0 aliphatic rings. The summed E-state index contributed by atoms with van der Waals surface area (Å²) in [5, 5.41) is 3.02. The summed E-state index contributed by atoms with van der Waals surface area (Å²) < 4.78 is 23.3. The van der Waals surface area contributed by atoms with Crippen LogP contribution in [-0.4, -0.2) is 32.5 Å². The van der Waals surface area contributed by atoms with Crippen LogP contribution in [0.4, 0.5) is 0 Å². The highest BCUT2D eigenvalue weighted by molar-refractivity contribution is 7.92. The first-order valence-corrected chi connectivity index (χ1v) is 8.85. The van der Waals surface area contributed by atoms with E-state index in [0.717, 1.165) is 6.54 Å². The van der Waals surface area contributed by atoms with Gasteiger partial charge in [0.1, 0.15) is 0 Å². The summed E-state index contributed by atoms with van der Waals surface area (Å²) in [5.74, 6) is 0.246. The molecule has 0 atom stereocenters. The highest BCUT2D eigenvalue weighted by atomic mass is 32.2. The Morgan fingerprint density at radius 2 is 1.78 bits per heavy atom. The summed E-state index contributed by atoms with van der Waals surface area (Å²) in [6.45, 7) is 11.6. The van der Waals surface area contributed by atoms with Gasteiger partial charge in [0.2, 0.25) is 0 Å². The van der Waals surface area contributed by atoms with Crippen molar-refractivity contribution in [2.75, 3.05) is 18.8 Å². The molecule has 0 aromatic heterocycles. The monoisotopic (exact) mass is 277 g/mol. The first-order chi connectivity index (χ1) is 8.21. The van der Waals surface area contributed by atoms with Crippen LogP contribution in [0.15, 0.2) is 0 Å². The van der Waals surface area contributed by atoms with Gasteiger partial charge >= 0.3 is 0 Å². The lowest BCUT2D eigenvalue weighted by atomic mass is 9.87. The van der Waals surface area contributed by atoms with Crippen LogP contribution in [0.2, 0.25) is 0 Å². The lowest BCUT2D eigenvalue weighted by Crippen LogP contribution is -2.34. The third-order valence-corrected chi connectivity index (χ3v) is 5.55. The van der Waals surface area contributed by atoms with Crippen molar-refractivity contribution in [3.8, 4) is 0 Å². The van der Waals surface area contributed by atoms with Crippen LogP contribution in [-0.2, 0) is 9.84 Å². The van der Waals surface area contributed by atoms with Gasteiger partial charge in [0.25, 0.3) is 0 Å². The Morgan fingerprint density at radius 3 is 2.28 bits per heavy atom. The van der Waals surface area contributed by atoms with E-state index in [1.807, 2.05) is 0 Å². The summed E-state index contributed by atoms with van der Waals surface area (Å²) >= 11 is 0. The lowest BCUT2D eigenvalue weighted by Gasteiger charge is -2.25. The van der Waals surface area contributed by atoms with E-state index in [1.165, 1.54) is 25.7 Å². The van der Waals surface area contributed by atoms with Crippen molar-refractivity contribution in [1.29, 1.82) is 0 Å². The Labute approximate surface area is 114 Å². The van der Waals surface area contributed by atoms with Gasteiger partial charge in [0.15, 0.2) is 9.84 Å². The van der Waals surface area contributed by atoms with Crippen molar-refractivity contribution in [2.24, 2.45) is 5.41 Å². The van der Waals surface area contributed by atoms with Crippen LogP contribution in [0.3, 0.4) is 0 Å². The Kier molecular flexibility index (Phi) is 8.11. The maximum atomic E-state index is 11.6. The van der Waals surface area contributed by atoms with E-state index in [4.69, 9.17) is 0 Å². The molecule has 0 saturated carbocycles. The first kappa shape index (κ1) is 17.9. The predicted octanol–water partition coefficient (Wildman–Crippen LogP) is 3.01. The fourth-order valence-corrected chi connectivity index (χ4v) is 2.72. The molecule has 0 radical (unpaired) electrons.